The summed E-state index contributed by atoms with van der Waals surface area (Å²) in [5.74, 6) is 0.0274. The van der Waals surface area contributed by atoms with Gasteiger partial charge in [0.05, 0.1) is 19.8 Å². The maximum Gasteiger partial charge on any atom is 0.317 e. The molecule has 3 rings (SSSR count). The number of carbonyl (C=O) groups is 2. The number of amides is 3. The predicted molar refractivity (Wildman–Crippen MR) is 101 cm³/mol. The van der Waals surface area contributed by atoms with Crippen molar-refractivity contribution in [1.82, 2.24) is 15.1 Å². The van der Waals surface area contributed by atoms with Crippen LogP contribution in [-0.2, 0) is 17.8 Å². The lowest BCUT2D eigenvalue weighted by Gasteiger charge is -2.26. The molecular weight excluding hydrogens is 350 g/mol. The molecule has 7 heteroatoms. The Balaban J connectivity index is 1.49. The molecule has 2 aromatic rings. The number of hydrogen-bond acceptors (Lipinski definition) is 4. The lowest BCUT2D eigenvalue weighted by Crippen LogP contribution is -2.40. The van der Waals surface area contributed by atoms with Crippen molar-refractivity contribution in [3.8, 4) is 0 Å². The molecular formula is C19H23N3O3S. The highest BCUT2D eigenvalue weighted by molar-refractivity contribution is 7.09. The Kier molecular flexibility index (Phi) is 6.25. The van der Waals surface area contributed by atoms with Crippen LogP contribution in [0.4, 0.5) is 4.79 Å². The summed E-state index contributed by atoms with van der Waals surface area (Å²) in [6, 6.07) is 11.3. The molecule has 1 aliphatic rings. The van der Waals surface area contributed by atoms with Gasteiger partial charge in [-0.1, -0.05) is 18.2 Å². The first kappa shape index (κ1) is 18.4. The van der Waals surface area contributed by atoms with Gasteiger partial charge in [-0.05, 0) is 29.1 Å². The average molecular weight is 373 g/mol. The Bertz CT molecular complexity index is 725. The molecule has 0 unspecified atom stereocenters. The molecule has 138 valence electrons. The Morgan fingerprint density at radius 3 is 2.58 bits per heavy atom. The van der Waals surface area contributed by atoms with E-state index in [2.05, 4.69) is 5.32 Å². The Morgan fingerprint density at radius 1 is 1.19 bits per heavy atom. The van der Waals surface area contributed by atoms with Gasteiger partial charge in [-0.25, -0.2) is 4.79 Å². The summed E-state index contributed by atoms with van der Waals surface area (Å²) in [5.41, 5.74) is 1.62. The normalized spacial score (nSPS) is 14.1. The number of rotatable bonds is 5. The van der Waals surface area contributed by atoms with Crippen molar-refractivity contribution < 1.29 is 14.3 Å². The molecule has 1 fully saturated rings. The quantitative estimate of drug-likeness (QED) is 0.876. The minimum absolute atomic E-state index is 0.0274. The van der Waals surface area contributed by atoms with Gasteiger partial charge in [0.2, 0.25) is 0 Å². The van der Waals surface area contributed by atoms with E-state index in [1.165, 1.54) is 0 Å². The third-order valence-electron chi connectivity index (χ3n) is 4.26. The minimum Gasteiger partial charge on any atom is -0.378 e. The molecule has 0 spiro atoms. The monoisotopic (exact) mass is 373 g/mol. The first-order valence-corrected chi connectivity index (χ1v) is 9.49. The molecule has 0 atom stereocenters. The van der Waals surface area contributed by atoms with Crippen LogP contribution in [0.25, 0.3) is 0 Å². The number of nitrogens with one attached hydrogen (secondary N) is 1. The zero-order valence-electron chi connectivity index (χ0n) is 14.8. The fourth-order valence-corrected chi connectivity index (χ4v) is 3.49. The number of carbonyl (C=O) groups excluding carboxylic acids is 2. The van der Waals surface area contributed by atoms with Gasteiger partial charge >= 0.3 is 6.03 Å². The molecule has 0 aliphatic carbocycles. The summed E-state index contributed by atoms with van der Waals surface area (Å²) in [5, 5.41) is 4.90. The van der Waals surface area contributed by atoms with Crippen molar-refractivity contribution in [2.45, 2.75) is 13.1 Å². The number of benzene rings is 1. The second-order valence-corrected chi connectivity index (χ2v) is 7.23. The van der Waals surface area contributed by atoms with Gasteiger partial charge in [0.15, 0.2) is 0 Å². The summed E-state index contributed by atoms with van der Waals surface area (Å²) in [6.45, 7) is 3.47. The van der Waals surface area contributed by atoms with E-state index in [1.54, 1.807) is 28.2 Å². The summed E-state index contributed by atoms with van der Waals surface area (Å²) < 4.78 is 5.27. The number of nitrogens with zero attached hydrogens (tertiary/aromatic N) is 2. The number of morpholine rings is 1. The van der Waals surface area contributed by atoms with Crippen LogP contribution in [0.2, 0.25) is 0 Å². The summed E-state index contributed by atoms with van der Waals surface area (Å²) in [4.78, 5) is 29.2. The van der Waals surface area contributed by atoms with E-state index >= 15 is 0 Å². The smallest absolute Gasteiger partial charge is 0.317 e. The van der Waals surface area contributed by atoms with Crippen LogP contribution in [-0.4, -0.2) is 55.1 Å². The Labute approximate surface area is 157 Å². The summed E-state index contributed by atoms with van der Waals surface area (Å²) in [6.07, 6.45) is 0. The van der Waals surface area contributed by atoms with Crippen LogP contribution in [0.5, 0.6) is 0 Å². The van der Waals surface area contributed by atoms with Crippen LogP contribution in [0, 0.1) is 0 Å². The average Bonchev–Trinajstić information content (AvgIpc) is 3.19. The van der Waals surface area contributed by atoms with Crippen LogP contribution in [0.3, 0.4) is 0 Å². The third-order valence-corrected chi connectivity index (χ3v) is 5.12. The molecule has 0 saturated carbocycles. The molecule has 6 nitrogen and oxygen atoms in total. The predicted octanol–water partition coefficient (Wildman–Crippen LogP) is 2.56. The largest absolute Gasteiger partial charge is 0.378 e. The van der Waals surface area contributed by atoms with Crippen LogP contribution in [0.15, 0.2) is 41.8 Å². The number of urea groups is 1. The topological polar surface area (TPSA) is 61.9 Å². The van der Waals surface area contributed by atoms with E-state index in [9.17, 15) is 9.59 Å². The van der Waals surface area contributed by atoms with Crippen LogP contribution >= 0.6 is 11.3 Å². The molecule has 2 heterocycles. The van der Waals surface area contributed by atoms with Crippen molar-refractivity contribution in [3.63, 3.8) is 0 Å². The lowest BCUT2D eigenvalue weighted by molar-refractivity contribution is 0.0303. The maximum absolute atomic E-state index is 12.4. The highest BCUT2D eigenvalue weighted by atomic mass is 32.1. The van der Waals surface area contributed by atoms with Crippen molar-refractivity contribution in [2.24, 2.45) is 0 Å². The molecule has 3 amide bonds. The van der Waals surface area contributed by atoms with E-state index in [0.29, 0.717) is 45.0 Å². The van der Waals surface area contributed by atoms with Crippen LogP contribution in [0.1, 0.15) is 20.8 Å². The molecule has 26 heavy (non-hydrogen) atoms. The Hall–Kier alpha value is -2.38. The maximum atomic E-state index is 12.4. The molecule has 0 bridgehead atoms. The van der Waals surface area contributed by atoms with E-state index in [0.717, 1.165) is 10.4 Å². The summed E-state index contributed by atoms with van der Waals surface area (Å²) >= 11 is 1.63. The number of hydrogen-bond donors (Lipinski definition) is 1. The standard InChI is InChI=1S/C19H23N3O3S/c1-21(14-17-3-2-12-26-17)19(24)20-13-15-4-6-16(7-5-15)18(23)22-8-10-25-11-9-22/h2-7,12H,8-11,13-14H2,1H3,(H,20,24). The number of thiophene rings is 1. The highest BCUT2D eigenvalue weighted by Crippen LogP contribution is 2.12. The van der Waals surface area contributed by atoms with Crippen molar-refractivity contribution in [3.05, 3.63) is 57.8 Å². The minimum atomic E-state index is -0.119. The fourth-order valence-electron chi connectivity index (χ4n) is 2.73. The van der Waals surface area contributed by atoms with Crippen molar-refractivity contribution in [2.75, 3.05) is 33.4 Å². The van der Waals surface area contributed by atoms with E-state index in [1.807, 2.05) is 41.8 Å². The number of ether oxygens (including phenoxy) is 1. The SMILES string of the molecule is CN(Cc1cccs1)C(=O)NCc1ccc(C(=O)N2CCOCC2)cc1. The van der Waals surface area contributed by atoms with Gasteiger partial charge in [-0.15, -0.1) is 11.3 Å². The van der Waals surface area contributed by atoms with Crippen molar-refractivity contribution >= 4 is 23.3 Å². The molecule has 1 aliphatic heterocycles. The van der Waals surface area contributed by atoms with Gasteiger partial charge in [-0.3, -0.25) is 4.79 Å². The van der Waals surface area contributed by atoms with Gasteiger partial charge in [0.1, 0.15) is 0 Å². The van der Waals surface area contributed by atoms with Gasteiger partial charge < -0.3 is 19.9 Å². The van der Waals surface area contributed by atoms with Gasteiger partial charge in [-0.2, -0.15) is 0 Å². The van der Waals surface area contributed by atoms with Gasteiger partial charge in [0.25, 0.3) is 5.91 Å². The van der Waals surface area contributed by atoms with E-state index in [4.69, 9.17) is 4.74 Å². The first-order chi connectivity index (χ1) is 12.6. The second kappa shape index (κ2) is 8.82. The second-order valence-electron chi connectivity index (χ2n) is 6.20. The zero-order valence-corrected chi connectivity index (χ0v) is 15.6. The molecule has 0 radical (unpaired) electrons. The molecule has 1 N–H and O–H groups in total. The van der Waals surface area contributed by atoms with E-state index < -0.39 is 0 Å². The van der Waals surface area contributed by atoms with Gasteiger partial charge in [0, 0.05) is 37.1 Å². The van der Waals surface area contributed by atoms with E-state index in [-0.39, 0.29) is 11.9 Å². The Morgan fingerprint density at radius 2 is 1.92 bits per heavy atom. The first-order valence-electron chi connectivity index (χ1n) is 8.61. The molecule has 1 saturated heterocycles. The fraction of sp³-hybridized carbons (Fsp3) is 0.368. The highest BCUT2D eigenvalue weighted by Gasteiger charge is 2.18. The zero-order chi connectivity index (χ0) is 18.4. The van der Waals surface area contributed by atoms with Crippen molar-refractivity contribution in [1.29, 1.82) is 0 Å². The lowest BCUT2D eigenvalue weighted by atomic mass is 10.1. The third kappa shape index (κ3) is 4.83. The summed E-state index contributed by atoms with van der Waals surface area (Å²) in [7, 11) is 1.78. The molecule has 1 aromatic heterocycles. The molecule has 1 aromatic carbocycles. The van der Waals surface area contributed by atoms with Crippen LogP contribution < -0.4 is 5.32 Å².